The summed E-state index contributed by atoms with van der Waals surface area (Å²) in [4.78, 5) is 13.4. The summed E-state index contributed by atoms with van der Waals surface area (Å²) in [5, 5.41) is 4.37. The molecule has 4 aliphatic carbocycles. The number of Topliss-reactive ketones (excluding diaryl/α,β-unsaturated/α-hetero) is 1. The van der Waals surface area contributed by atoms with Gasteiger partial charge in [-0.05, 0) is 98.7 Å². The van der Waals surface area contributed by atoms with Crippen LogP contribution in [0.1, 0.15) is 85.5 Å². The second-order valence-electron chi connectivity index (χ2n) is 12.0. The normalized spacial score (nSPS) is 44.3. The highest BCUT2D eigenvalue weighted by molar-refractivity contribution is 5.82. The first-order valence-corrected chi connectivity index (χ1v) is 13.0. The van der Waals surface area contributed by atoms with E-state index >= 15 is 0 Å². The molecule has 0 N–H and O–H groups in total. The van der Waals surface area contributed by atoms with Gasteiger partial charge in [0.15, 0.2) is 11.5 Å². The lowest BCUT2D eigenvalue weighted by molar-refractivity contribution is -0.137. The topological polar surface area (TPSA) is 44.1 Å². The van der Waals surface area contributed by atoms with Crippen molar-refractivity contribution in [2.24, 2.45) is 46.3 Å². The predicted molar refractivity (Wildman–Crippen MR) is 123 cm³/mol. The van der Waals surface area contributed by atoms with E-state index in [0.29, 0.717) is 24.3 Å². The fourth-order valence-electron chi connectivity index (χ4n) is 8.94. The first-order valence-electron chi connectivity index (χ1n) is 13.0. The van der Waals surface area contributed by atoms with Crippen molar-refractivity contribution in [3.05, 3.63) is 12.4 Å². The summed E-state index contributed by atoms with van der Waals surface area (Å²) < 4.78 is 7.31. The van der Waals surface area contributed by atoms with Crippen LogP contribution in [0.3, 0.4) is 0 Å². The summed E-state index contributed by atoms with van der Waals surface area (Å²) in [6, 6.07) is 0. The zero-order chi connectivity index (χ0) is 21.8. The molecular weight excluding hydrogens is 384 g/mol. The van der Waals surface area contributed by atoms with Crippen molar-refractivity contribution in [3.8, 4) is 5.75 Å². The van der Waals surface area contributed by atoms with E-state index in [0.717, 1.165) is 41.8 Å². The van der Waals surface area contributed by atoms with Crippen LogP contribution in [0.4, 0.5) is 0 Å². The van der Waals surface area contributed by atoms with E-state index in [1.807, 2.05) is 13.1 Å². The fourth-order valence-corrected chi connectivity index (χ4v) is 8.94. The number of hydrogen-bond acceptors (Lipinski definition) is 3. The van der Waals surface area contributed by atoms with Crippen LogP contribution >= 0.6 is 0 Å². The Morgan fingerprint density at radius 2 is 1.87 bits per heavy atom. The molecule has 0 saturated heterocycles. The monoisotopic (exact) mass is 426 g/mol. The van der Waals surface area contributed by atoms with Crippen LogP contribution in [0.15, 0.2) is 12.4 Å². The maximum absolute atomic E-state index is 13.4. The van der Waals surface area contributed by atoms with Gasteiger partial charge in [0, 0.05) is 5.92 Å². The van der Waals surface area contributed by atoms with Gasteiger partial charge < -0.3 is 4.74 Å². The van der Waals surface area contributed by atoms with Crippen LogP contribution < -0.4 is 4.74 Å². The molecule has 1 aromatic heterocycles. The SMILES string of the molecule is CCOc1cnn(CC(=O)C2CCC3C4CCC5CC(C)CC[C@]5(C)C4CCC23C)c1. The van der Waals surface area contributed by atoms with Gasteiger partial charge in [-0.2, -0.15) is 5.10 Å². The summed E-state index contributed by atoms with van der Waals surface area (Å²) in [7, 11) is 0. The highest BCUT2D eigenvalue weighted by Crippen LogP contribution is 2.67. The largest absolute Gasteiger partial charge is 0.491 e. The van der Waals surface area contributed by atoms with E-state index in [-0.39, 0.29) is 11.3 Å². The minimum atomic E-state index is 0.194. The number of fused-ring (bicyclic) bond motifs is 5. The van der Waals surface area contributed by atoms with Crippen LogP contribution in [0.2, 0.25) is 0 Å². The number of ether oxygens (including phenoxy) is 1. The number of rotatable bonds is 5. The standard InChI is InChI=1S/C27H42N2O2/c1-5-31-20-15-28-29(16-20)17-25(30)24-9-8-22-21-7-6-19-14-18(2)10-12-26(19,3)23(21)11-13-27(22,24)4/h15-16,18-19,21-24H,5-14,17H2,1-4H3/t18?,19?,21?,22?,23?,24?,26-,27?/m0/s1. The van der Waals surface area contributed by atoms with Crippen molar-refractivity contribution in [2.45, 2.75) is 92.0 Å². The Hall–Kier alpha value is -1.32. The smallest absolute Gasteiger partial charge is 0.157 e. The summed E-state index contributed by atoms with van der Waals surface area (Å²) in [6.45, 7) is 10.6. The Labute approximate surface area is 188 Å². The maximum Gasteiger partial charge on any atom is 0.157 e. The molecule has 172 valence electrons. The zero-order valence-electron chi connectivity index (χ0n) is 20.1. The van der Waals surface area contributed by atoms with E-state index in [9.17, 15) is 4.79 Å². The lowest BCUT2D eigenvalue weighted by Crippen LogP contribution is -2.53. The minimum absolute atomic E-state index is 0.194. The maximum atomic E-state index is 13.4. The molecule has 5 rings (SSSR count). The second kappa shape index (κ2) is 7.92. The van der Waals surface area contributed by atoms with E-state index in [2.05, 4.69) is 25.9 Å². The van der Waals surface area contributed by atoms with Gasteiger partial charge in [0.1, 0.15) is 0 Å². The molecule has 4 nitrogen and oxygen atoms in total. The molecule has 4 saturated carbocycles. The number of hydrogen-bond donors (Lipinski definition) is 0. The molecule has 1 aromatic rings. The molecule has 31 heavy (non-hydrogen) atoms. The molecule has 4 heteroatoms. The summed E-state index contributed by atoms with van der Waals surface area (Å²) in [5.74, 6) is 5.71. The third-order valence-electron chi connectivity index (χ3n) is 10.6. The Morgan fingerprint density at radius 3 is 2.68 bits per heavy atom. The molecule has 0 bridgehead atoms. The lowest BCUT2D eigenvalue weighted by atomic mass is 9.44. The molecule has 0 spiro atoms. The quantitative estimate of drug-likeness (QED) is 0.567. The van der Waals surface area contributed by atoms with Crippen molar-refractivity contribution in [2.75, 3.05) is 6.61 Å². The molecule has 8 atom stereocenters. The van der Waals surface area contributed by atoms with Crippen LogP contribution in [0.25, 0.3) is 0 Å². The Balaban J connectivity index is 1.31. The van der Waals surface area contributed by atoms with Crippen molar-refractivity contribution >= 4 is 5.78 Å². The van der Waals surface area contributed by atoms with Gasteiger partial charge in [-0.15, -0.1) is 0 Å². The van der Waals surface area contributed by atoms with E-state index in [4.69, 9.17) is 4.74 Å². The van der Waals surface area contributed by atoms with Crippen molar-refractivity contribution in [3.63, 3.8) is 0 Å². The van der Waals surface area contributed by atoms with Crippen LogP contribution in [0, 0.1) is 46.3 Å². The molecule has 0 radical (unpaired) electrons. The number of nitrogens with zero attached hydrogens (tertiary/aromatic N) is 2. The third-order valence-corrected chi connectivity index (χ3v) is 10.6. The van der Waals surface area contributed by atoms with Gasteiger partial charge in [0.2, 0.25) is 0 Å². The van der Waals surface area contributed by atoms with Crippen LogP contribution in [0.5, 0.6) is 5.75 Å². The molecule has 0 aromatic carbocycles. The van der Waals surface area contributed by atoms with Crippen LogP contribution in [-0.4, -0.2) is 22.2 Å². The van der Waals surface area contributed by atoms with Crippen molar-refractivity contribution < 1.29 is 9.53 Å². The van der Waals surface area contributed by atoms with Gasteiger partial charge in [-0.25, -0.2) is 0 Å². The van der Waals surface area contributed by atoms with E-state index in [1.54, 1.807) is 10.9 Å². The van der Waals surface area contributed by atoms with Gasteiger partial charge >= 0.3 is 0 Å². The molecule has 0 aliphatic heterocycles. The first-order chi connectivity index (χ1) is 14.8. The average molecular weight is 427 g/mol. The average Bonchev–Trinajstić information content (AvgIpc) is 3.32. The third kappa shape index (κ3) is 3.47. The lowest BCUT2D eigenvalue weighted by Gasteiger charge is -2.61. The predicted octanol–water partition coefficient (Wildman–Crippen LogP) is 6.15. The number of carbonyl (C=O) groups excluding carboxylic acids is 1. The Bertz CT molecular complexity index is 818. The van der Waals surface area contributed by atoms with Gasteiger partial charge in [-0.3, -0.25) is 9.48 Å². The summed E-state index contributed by atoms with van der Waals surface area (Å²) in [6.07, 6.45) is 15.7. The molecule has 1 heterocycles. The first kappa shape index (κ1) is 21.5. The second-order valence-corrected chi connectivity index (χ2v) is 12.0. The zero-order valence-corrected chi connectivity index (χ0v) is 20.1. The van der Waals surface area contributed by atoms with Gasteiger partial charge in [0.25, 0.3) is 0 Å². The van der Waals surface area contributed by atoms with Crippen LogP contribution in [-0.2, 0) is 11.3 Å². The summed E-state index contributed by atoms with van der Waals surface area (Å²) in [5.41, 5.74) is 0.753. The molecular formula is C27H42N2O2. The molecule has 0 amide bonds. The van der Waals surface area contributed by atoms with E-state index < -0.39 is 0 Å². The molecule has 4 fully saturated rings. The van der Waals surface area contributed by atoms with Crippen molar-refractivity contribution in [1.82, 2.24) is 9.78 Å². The molecule has 7 unspecified atom stereocenters. The Kier molecular flexibility index (Phi) is 5.50. The number of carbonyl (C=O) groups is 1. The highest BCUT2D eigenvalue weighted by Gasteiger charge is 2.60. The number of ketones is 1. The van der Waals surface area contributed by atoms with Gasteiger partial charge in [0.05, 0.1) is 25.5 Å². The Morgan fingerprint density at radius 1 is 1.10 bits per heavy atom. The highest BCUT2D eigenvalue weighted by atomic mass is 16.5. The van der Waals surface area contributed by atoms with E-state index in [1.165, 1.54) is 51.4 Å². The fraction of sp³-hybridized carbons (Fsp3) is 0.852. The summed E-state index contributed by atoms with van der Waals surface area (Å²) >= 11 is 0. The minimum Gasteiger partial charge on any atom is -0.491 e. The van der Waals surface area contributed by atoms with Gasteiger partial charge in [-0.1, -0.05) is 27.2 Å². The van der Waals surface area contributed by atoms with Crippen molar-refractivity contribution in [1.29, 1.82) is 0 Å². The number of aromatic nitrogens is 2. The molecule has 4 aliphatic rings.